The Morgan fingerprint density at radius 3 is 2.05 bits per heavy atom. The Bertz CT molecular complexity index is 1360. The summed E-state index contributed by atoms with van der Waals surface area (Å²) in [6.07, 6.45) is 1.14. The first-order chi connectivity index (χ1) is 18.6. The summed E-state index contributed by atoms with van der Waals surface area (Å²) in [5.41, 5.74) is 2.96. The van der Waals surface area contributed by atoms with Gasteiger partial charge >= 0.3 is 0 Å². The summed E-state index contributed by atoms with van der Waals surface area (Å²) in [5.74, 6) is -0.703. The van der Waals surface area contributed by atoms with Crippen molar-refractivity contribution in [2.24, 2.45) is 0 Å². The predicted molar refractivity (Wildman–Crippen MR) is 156 cm³/mol. The normalized spacial score (nSPS) is 12.8. The fraction of sp³-hybridized carbons (Fsp3) is 0.355. The molecule has 0 bridgehead atoms. The lowest BCUT2D eigenvalue weighted by Gasteiger charge is -2.34. The molecular formula is C31H39N3O4S. The highest BCUT2D eigenvalue weighted by Gasteiger charge is 2.34. The molecule has 39 heavy (non-hydrogen) atoms. The Balaban J connectivity index is 2.08. The van der Waals surface area contributed by atoms with Crippen molar-refractivity contribution < 1.29 is 18.0 Å². The van der Waals surface area contributed by atoms with E-state index in [1.165, 1.54) is 21.3 Å². The third kappa shape index (κ3) is 7.26. The summed E-state index contributed by atoms with van der Waals surface area (Å²) in [6.45, 7) is 9.24. The standard InChI is InChI=1S/C31H39N3O4S/c1-6-24(4)32-31(36)28(7-2)33(21-26-16-10-8-11-17-26)30(35)22-34(29-20-14-15-23(3)25(29)5)39(37,38)27-18-12-9-13-19-27/h8-20,24,28H,6-7,21-22H2,1-5H3,(H,32,36)/t24-,28+/m0/s1. The van der Waals surface area contributed by atoms with Crippen molar-refractivity contribution in [3.05, 3.63) is 95.6 Å². The number of nitrogens with one attached hydrogen (secondary N) is 1. The highest BCUT2D eigenvalue weighted by molar-refractivity contribution is 7.92. The van der Waals surface area contributed by atoms with Gasteiger partial charge in [0.05, 0.1) is 10.6 Å². The van der Waals surface area contributed by atoms with Crippen LogP contribution >= 0.6 is 0 Å². The maximum atomic E-state index is 14.1. The van der Waals surface area contributed by atoms with Gasteiger partial charge in [-0.15, -0.1) is 0 Å². The molecule has 0 aromatic heterocycles. The molecule has 3 aromatic carbocycles. The second kappa shape index (κ2) is 13.4. The van der Waals surface area contributed by atoms with E-state index in [9.17, 15) is 18.0 Å². The number of aryl methyl sites for hydroxylation is 1. The molecule has 208 valence electrons. The molecular weight excluding hydrogens is 510 g/mol. The minimum atomic E-state index is -4.09. The molecule has 2 amide bonds. The third-order valence-electron chi connectivity index (χ3n) is 7.04. The van der Waals surface area contributed by atoms with E-state index in [0.29, 0.717) is 12.1 Å². The third-order valence-corrected chi connectivity index (χ3v) is 8.81. The summed E-state index contributed by atoms with van der Waals surface area (Å²) in [4.78, 5) is 29.0. The van der Waals surface area contributed by atoms with Gasteiger partial charge in [0.1, 0.15) is 12.6 Å². The average Bonchev–Trinajstić information content (AvgIpc) is 2.94. The van der Waals surface area contributed by atoms with E-state index in [2.05, 4.69) is 5.32 Å². The highest BCUT2D eigenvalue weighted by Crippen LogP contribution is 2.29. The maximum absolute atomic E-state index is 14.1. The molecule has 3 rings (SSSR count). The van der Waals surface area contributed by atoms with Crippen LogP contribution < -0.4 is 9.62 Å². The van der Waals surface area contributed by atoms with Crippen LogP contribution in [0.5, 0.6) is 0 Å². The number of amides is 2. The molecule has 3 aromatic rings. The van der Waals surface area contributed by atoms with Gasteiger partial charge in [-0.05, 0) is 68.5 Å². The van der Waals surface area contributed by atoms with Crippen molar-refractivity contribution in [2.75, 3.05) is 10.8 Å². The molecule has 2 atom stereocenters. The number of hydrogen-bond donors (Lipinski definition) is 1. The molecule has 0 aliphatic heterocycles. The molecule has 0 spiro atoms. The van der Waals surface area contributed by atoms with Gasteiger partial charge in [-0.1, -0.05) is 74.5 Å². The van der Waals surface area contributed by atoms with Crippen LogP contribution in [-0.2, 0) is 26.2 Å². The average molecular weight is 550 g/mol. The second-order valence-corrected chi connectivity index (χ2v) is 11.7. The van der Waals surface area contributed by atoms with Crippen LogP contribution in [0.25, 0.3) is 0 Å². The topological polar surface area (TPSA) is 86.8 Å². The Morgan fingerprint density at radius 1 is 0.846 bits per heavy atom. The number of benzene rings is 3. The van der Waals surface area contributed by atoms with E-state index < -0.39 is 28.5 Å². The first-order valence-corrected chi connectivity index (χ1v) is 14.8. The lowest BCUT2D eigenvalue weighted by Crippen LogP contribution is -2.53. The van der Waals surface area contributed by atoms with Crippen molar-refractivity contribution >= 4 is 27.5 Å². The second-order valence-electron chi connectivity index (χ2n) is 9.79. The lowest BCUT2D eigenvalue weighted by atomic mass is 10.1. The van der Waals surface area contributed by atoms with Crippen LogP contribution in [0.15, 0.2) is 83.8 Å². The van der Waals surface area contributed by atoms with Crippen molar-refractivity contribution in [3.8, 4) is 0 Å². The zero-order valence-corrected chi connectivity index (χ0v) is 24.2. The molecule has 0 aliphatic rings. The van der Waals surface area contributed by atoms with Gasteiger partial charge in [-0.3, -0.25) is 13.9 Å². The van der Waals surface area contributed by atoms with E-state index in [1.807, 2.05) is 71.0 Å². The molecule has 0 saturated carbocycles. The van der Waals surface area contributed by atoms with Crippen LogP contribution in [0.2, 0.25) is 0 Å². The van der Waals surface area contributed by atoms with Crippen LogP contribution in [0, 0.1) is 13.8 Å². The highest BCUT2D eigenvalue weighted by atomic mass is 32.2. The van der Waals surface area contributed by atoms with E-state index >= 15 is 0 Å². The maximum Gasteiger partial charge on any atom is 0.264 e. The molecule has 1 N–H and O–H groups in total. The Kier molecular flexibility index (Phi) is 10.3. The Morgan fingerprint density at radius 2 is 1.46 bits per heavy atom. The number of nitrogens with zero attached hydrogens (tertiary/aromatic N) is 2. The van der Waals surface area contributed by atoms with Crippen LogP contribution in [0.1, 0.15) is 50.3 Å². The van der Waals surface area contributed by atoms with Crippen molar-refractivity contribution in [2.45, 2.75) is 71.0 Å². The van der Waals surface area contributed by atoms with Gasteiger partial charge < -0.3 is 10.2 Å². The summed E-state index contributed by atoms with van der Waals surface area (Å²) in [7, 11) is -4.09. The summed E-state index contributed by atoms with van der Waals surface area (Å²) in [5, 5.41) is 2.99. The Hall–Kier alpha value is -3.65. The quantitative estimate of drug-likeness (QED) is 0.336. The largest absolute Gasteiger partial charge is 0.352 e. The van der Waals surface area contributed by atoms with Gasteiger partial charge in [-0.2, -0.15) is 0 Å². The van der Waals surface area contributed by atoms with Gasteiger partial charge in [-0.25, -0.2) is 8.42 Å². The minimum Gasteiger partial charge on any atom is -0.352 e. The lowest BCUT2D eigenvalue weighted by molar-refractivity contribution is -0.140. The van der Waals surface area contributed by atoms with Crippen molar-refractivity contribution in [1.29, 1.82) is 0 Å². The van der Waals surface area contributed by atoms with Gasteiger partial charge in [0.15, 0.2) is 0 Å². The fourth-order valence-corrected chi connectivity index (χ4v) is 5.87. The van der Waals surface area contributed by atoms with E-state index in [0.717, 1.165) is 23.1 Å². The van der Waals surface area contributed by atoms with Gasteiger partial charge in [0, 0.05) is 12.6 Å². The fourth-order valence-electron chi connectivity index (χ4n) is 4.38. The summed E-state index contributed by atoms with van der Waals surface area (Å²) < 4.78 is 29.1. The molecule has 0 aliphatic carbocycles. The summed E-state index contributed by atoms with van der Waals surface area (Å²) >= 11 is 0. The van der Waals surface area contributed by atoms with E-state index in [4.69, 9.17) is 0 Å². The molecule has 8 heteroatoms. The number of rotatable bonds is 12. The molecule has 0 heterocycles. The zero-order chi connectivity index (χ0) is 28.6. The number of sulfonamides is 1. The number of carbonyl (C=O) groups excluding carboxylic acids is 2. The SMILES string of the molecule is CC[C@H](C(=O)N[C@@H](C)CC)N(Cc1ccccc1)C(=O)CN(c1cccc(C)c1C)S(=O)(=O)c1ccccc1. The molecule has 0 radical (unpaired) electrons. The minimum absolute atomic E-state index is 0.0508. The molecule has 0 saturated heterocycles. The molecule has 0 unspecified atom stereocenters. The van der Waals surface area contributed by atoms with Crippen LogP contribution in [0.3, 0.4) is 0 Å². The monoisotopic (exact) mass is 549 g/mol. The van der Waals surface area contributed by atoms with E-state index in [-0.39, 0.29) is 23.4 Å². The predicted octanol–water partition coefficient (Wildman–Crippen LogP) is 5.22. The van der Waals surface area contributed by atoms with Crippen LogP contribution in [0.4, 0.5) is 5.69 Å². The zero-order valence-electron chi connectivity index (χ0n) is 23.4. The molecule has 0 fully saturated rings. The first-order valence-electron chi connectivity index (χ1n) is 13.4. The number of hydrogen-bond acceptors (Lipinski definition) is 4. The van der Waals surface area contributed by atoms with Gasteiger partial charge in [0.25, 0.3) is 10.0 Å². The van der Waals surface area contributed by atoms with Crippen LogP contribution in [-0.4, -0.2) is 43.8 Å². The van der Waals surface area contributed by atoms with E-state index in [1.54, 1.807) is 30.3 Å². The van der Waals surface area contributed by atoms with Gasteiger partial charge in [0.2, 0.25) is 11.8 Å². The number of anilines is 1. The number of carbonyl (C=O) groups is 2. The smallest absolute Gasteiger partial charge is 0.264 e. The summed E-state index contributed by atoms with van der Waals surface area (Å²) in [6, 6.07) is 22.1. The van der Waals surface area contributed by atoms with Crippen molar-refractivity contribution in [3.63, 3.8) is 0 Å². The molecule has 7 nitrogen and oxygen atoms in total. The Labute approximate surface area is 232 Å². The first kappa shape index (κ1) is 29.9. The van der Waals surface area contributed by atoms with Crippen molar-refractivity contribution in [1.82, 2.24) is 10.2 Å².